The van der Waals surface area contributed by atoms with Gasteiger partial charge in [0.25, 0.3) is 0 Å². The number of rotatable bonds is 4. The molecule has 0 nitrogen and oxygen atoms in total. The van der Waals surface area contributed by atoms with E-state index in [1.165, 1.54) is 49.7 Å². The fourth-order valence-corrected chi connectivity index (χ4v) is 6.01. The van der Waals surface area contributed by atoms with Crippen molar-refractivity contribution in [3.63, 3.8) is 0 Å². The van der Waals surface area contributed by atoms with Crippen LogP contribution in [0, 0.1) is 20.8 Å². The maximum atomic E-state index is 2.50. The van der Waals surface area contributed by atoms with Gasteiger partial charge >= 0.3 is 30.2 Å². The molecule has 0 heterocycles. The fraction of sp³-hybridized carbons (Fsp3) is 0.281. The predicted molar refractivity (Wildman–Crippen MR) is 148 cm³/mol. The van der Waals surface area contributed by atoms with E-state index in [-0.39, 0.29) is 24.8 Å². The molecule has 4 aromatic carbocycles. The SMILES string of the molecule is CCC1=Cc2c(-c3cccc4ccccc34)cccc2C1[c-]1c(C)c(C)c(C)c1C(C)C.[Cl-].[Cl-].[SiH2]=[Zr+2]. The summed E-state index contributed by atoms with van der Waals surface area (Å²) in [5.41, 5.74) is 14.7. The van der Waals surface area contributed by atoms with Gasteiger partial charge in [0, 0.05) is 0 Å². The summed E-state index contributed by atoms with van der Waals surface area (Å²) in [6.07, 6.45) is 3.58. The standard InChI is InChI=1S/C32H33.2ClH.H2Si.Zr/c1-7-23-18-29-27(26-15-10-13-24-12-8-9-14-25(24)26)16-11-17-28(29)32(23)31-22(6)20(4)21(5)30(31)19(2)3;;;;/h8-19,32H,7H2,1-6H3;2*1H;1H2;/q-1;;;;+2/p-2. The van der Waals surface area contributed by atoms with Gasteiger partial charge in [-0.25, -0.2) is 0 Å². The average Bonchev–Trinajstić information content (AvgIpc) is 3.34. The summed E-state index contributed by atoms with van der Waals surface area (Å²) in [6, 6.07) is 22.4. The van der Waals surface area contributed by atoms with E-state index >= 15 is 0 Å². The van der Waals surface area contributed by atoms with Crippen LogP contribution in [0.1, 0.15) is 78.0 Å². The molecule has 4 aromatic rings. The van der Waals surface area contributed by atoms with Gasteiger partial charge < -0.3 is 24.8 Å². The van der Waals surface area contributed by atoms with Gasteiger partial charge in [-0.2, -0.15) is 22.3 Å². The van der Waals surface area contributed by atoms with Crippen LogP contribution in [0.15, 0.2) is 66.2 Å². The van der Waals surface area contributed by atoms with Crippen LogP contribution in [0.25, 0.3) is 28.0 Å². The Kier molecular flexibility index (Phi) is 11.1. The van der Waals surface area contributed by atoms with Crippen molar-refractivity contribution in [3.05, 3.63) is 105 Å². The number of benzene rings is 3. The maximum absolute atomic E-state index is 2.50. The first kappa shape index (κ1) is 30.9. The molecule has 0 amide bonds. The third kappa shape index (κ3) is 5.17. The van der Waals surface area contributed by atoms with Gasteiger partial charge in [-0.15, -0.1) is 5.56 Å². The van der Waals surface area contributed by atoms with Crippen molar-refractivity contribution in [2.45, 2.75) is 59.8 Å². The zero-order chi connectivity index (χ0) is 24.6. The molecule has 0 fully saturated rings. The molecular formula is C32H35Cl2SiZr-. The third-order valence-corrected chi connectivity index (χ3v) is 7.73. The van der Waals surface area contributed by atoms with Crippen LogP contribution in [-0.2, 0) is 23.3 Å². The van der Waals surface area contributed by atoms with Crippen LogP contribution in [0.5, 0.6) is 0 Å². The summed E-state index contributed by atoms with van der Waals surface area (Å²) in [4.78, 5) is 0. The Hall–Kier alpha value is -1.31. The molecule has 1 aliphatic carbocycles. The van der Waals surface area contributed by atoms with Crippen LogP contribution in [-0.4, -0.2) is 6.88 Å². The summed E-state index contributed by atoms with van der Waals surface area (Å²) in [7, 11) is 0. The molecule has 1 atom stereocenters. The van der Waals surface area contributed by atoms with Crippen LogP contribution in [0.3, 0.4) is 0 Å². The Bertz CT molecular complexity index is 1390. The molecule has 186 valence electrons. The zero-order valence-electron chi connectivity index (χ0n) is 22.2. The number of allylic oxidation sites excluding steroid dienone is 1. The van der Waals surface area contributed by atoms with E-state index in [1.54, 1.807) is 40.0 Å². The Morgan fingerprint density at radius 1 is 0.833 bits per heavy atom. The molecule has 0 spiro atoms. The van der Waals surface area contributed by atoms with Crippen molar-refractivity contribution >= 4 is 23.7 Å². The summed E-state index contributed by atoms with van der Waals surface area (Å²) >= 11 is 1.58. The molecule has 0 bridgehead atoms. The van der Waals surface area contributed by atoms with Crippen LogP contribution in [0.4, 0.5) is 0 Å². The first-order valence-corrected chi connectivity index (χ1v) is 18.3. The molecular weight excluding hydrogens is 575 g/mol. The second-order valence-electron chi connectivity index (χ2n) is 9.70. The molecule has 0 aliphatic heterocycles. The second-order valence-corrected chi connectivity index (χ2v) is 9.70. The van der Waals surface area contributed by atoms with Crippen molar-refractivity contribution in [2.75, 3.05) is 0 Å². The first-order valence-electron chi connectivity index (χ1n) is 12.4. The van der Waals surface area contributed by atoms with Gasteiger partial charge in [-0.1, -0.05) is 114 Å². The molecule has 4 heteroatoms. The van der Waals surface area contributed by atoms with Crippen LogP contribution < -0.4 is 24.8 Å². The van der Waals surface area contributed by atoms with Crippen molar-refractivity contribution < 1.29 is 48.1 Å². The average molecular weight is 610 g/mol. The summed E-state index contributed by atoms with van der Waals surface area (Å²) in [5, 5.41) is 2.63. The van der Waals surface area contributed by atoms with Gasteiger partial charge in [0.1, 0.15) is 0 Å². The van der Waals surface area contributed by atoms with E-state index in [2.05, 4.69) is 108 Å². The van der Waals surface area contributed by atoms with E-state index in [0.29, 0.717) is 11.8 Å². The van der Waals surface area contributed by atoms with Gasteiger partial charge in [0.05, 0.1) is 0 Å². The topological polar surface area (TPSA) is 0 Å². The van der Waals surface area contributed by atoms with Crippen molar-refractivity contribution in [2.24, 2.45) is 0 Å². The molecule has 0 N–H and O–H groups in total. The minimum atomic E-state index is 0. The Morgan fingerprint density at radius 2 is 1.44 bits per heavy atom. The quantitative estimate of drug-likeness (QED) is 0.246. The Labute approximate surface area is 246 Å². The van der Waals surface area contributed by atoms with E-state index in [4.69, 9.17) is 0 Å². The number of fused-ring (bicyclic) bond motifs is 2. The van der Waals surface area contributed by atoms with Gasteiger partial charge in [0.15, 0.2) is 0 Å². The number of hydrogen-bond acceptors (Lipinski definition) is 0. The Morgan fingerprint density at radius 3 is 2.11 bits per heavy atom. The van der Waals surface area contributed by atoms with Crippen molar-refractivity contribution in [3.8, 4) is 11.1 Å². The van der Waals surface area contributed by atoms with E-state index in [9.17, 15) is 0 Å². The normalized spacial score (nSPS) is 13.9. The molecule has 36 heavy (non-hydrogen) atoms. The fourth-order valence-electron chi connectivity index (χ4n) is 6.01. The molecule has 0 saturated carbocycles. The van der Waals surface area contributed by atoms with E-state index in [1.807, 2.05) is 6.88 Å². The van der Waals surface area contributed by atoms with E-state index < -0.39 is 0 Å². The zero-order valence-corrected chi connectivity index (χ0v) is 27.6. The van der Waals surface area contributed by atoms with Crippen LogP contribution in [0.2, 0.25) is 0 Å². The van der Waals surface area contributed by atoms with Crippen molar-refractivity contribution in [1.82, 2.24) is 0 Å². The third-order valence-electron chi connectivity index (χ3n) is 7.73. The minimum absolute atomic E-state index is 0. The van der Waals surface area contributed by atoms with Gasteiger partial charge in [-0.05, 0) is 51.3 Å². The molecule has 1 aliphatic rings. The first-order chi connectivity index (χ1) is 16.4. The van der Waals surface area contributed by atoms with E-state index in [0.717, 1.165) is 6.42 Å². The molecule has 5 rings (SSSR count). The number of hydrogen-bond donors (Lipinski definition) is 0. The Balaban J connectivity index is 0.00000111. The summed E-state index contributed by atoms with van der Waals surface area (Å²) in [6.45, 7) is 15.9. The van der Waals surface area contributed by atoms with Crippen LogP contribution >= 0.6 is 0 Å². The summed E-state index contributed by atoms with van der Waals surface area (Å²) < 4.78 is 0. The molecule has 0 aromatic heterocycles. The molecule has 1 unspecified atom stereocenters. The molecule has 0 saturated heterocycles. The van der Waals surface area contributed by atoms with Crippen molar-refractivity contribution in [1.29, 1.82) is 0 Å². The second kappa shape index (κ2) is 13.0. The number of halogens is 2. The monoisotopic (exact) mass is 607 g/mol. The molecule has 0 radical (unpaired) electrons. The predicted octanol–water partition coefficient (Wildman–Crippen LogP) is 2.30. The summed E-state index contributed by atoms with van der Waals surface area (Å²) in [5.74, 6) is 0.899. The van der Waals surface area contributed by atoms with Gasteiger partial charge in [0.2, 0.25) is 0 Å². The van der Waals surface area contributed by atoms with Gasteiger partial charge in [-0.3, -0.25) is 0 Å².